The maximum absolute atomic E-state index is 5.77. The summed E-state index contributed by atoms with van der Waals surface area (Å²) >= 11 is -3.22. The van der Waals surface area contributed by atoms with E-state index < -0.39 is 87.4 Å². The number of rotatable bonds is 8. The Kier molecular flexibility index (Phi) is 12.0. The summed E-state index contributed by atoms with van der Waals surface area (Å²) in [5.74, 6) is 0. The van der Waals surface area contributed by atoms with Crippen molar-refractivity contribution in [1.29, 1.82) is 0 Å². The minimum atomic E-state index is -1.63. The van der Waals surface area contributed by atoms with Gasteiger partial charge in [0, 0.05) is 0 Å². The quantitative estimate of drug-likeness (QED) is 0.180. The molecular weight excluding hydrogens is 672 g/mol. The Labute approximate surface area is 195 Å². The number of hydrogen-bond donors (Lipinski definition) is 0. The monoisotopic (exact) mass is 716 g/mol. The van der Waals surface area contributed by atoms with Gasteiger partial charge in [-0.1, -0.05) is 0 Å². The van der Waals surface area contributed by atoms with Crippen LogP contribution in [0.1, 0.15) is 0 Å². The Morgan fingerprint density at radius 2 is 0.536 bits per heavy atom. The van der Waals surface area contributed by atoms with Crippen molar-refractivity contribution in [3.05, 3.63) is 0 Å². The minimum absolute atomic E-state index is 0.804. The van der Waals surface area contributed by atoms with Gasteiger partial charge in [-0.3, -0.25) is 0 Å². The summed E-state index contributed by atoms with van der Waals surface area (Å²) in [7, 11) is -6.54. The van der Waals surface area contributed by atoms with E-state index in [1.54, 1.807) is 0 Å². The standard InChI is InChI=1S/C16H44As4N4P4/c1-17(2)13-25(9)21-26(10,14-18(3)4)23-28(12,16-20(7)8)24-27(11,22-25)15-19(5)6/h13-16H2,1-12H3. The Balaban J connectivity index is 3.89. The van der Waals surface area contributed by atoms with Crippen molar-refractivity contribution in [3.63, 3.8) is 0 Å². The average molecular weight is 716 g/mol. The molecule has 0 amide bonds. The summed E-state index contributed by atoms with van der Waals surface area (Å²) < 4.78 is 23.1. The number of nitrogens with zero attached hydrogens (tertiary/aromatic N) is 4. The van der Waals surface area contributed by atoms with Gasteiger partial charge in [-0.15, -0.1) is 0 Å². The fourth-order valence-electron chi connectivity index (χ4n) is 4.10. The van der Waals surface area contributed by atoms with E-state index in [0.29, 0.717) is 0 Å². The third-order valence-corrected chi connectivity index (χ3v) is 48.2. The van der Waals surface area contributed by atoms with Crippen LogP contribution in [0.5, 0.6) is 0 Å². The van der Waals surface area contributed by atoms with Gasteiger partial charge >= 0.3 is 198 Å². The molecule has 12 heteroatoms. The van der Waals surface area contributed by atoms with Gasteiger partial charge in [0.1, 0.15) is 0 Å². The first-order chi connectivity index (χ1) is 12.5. The fourth-order valence-corrected chi connectivity index (χ4v) is 60.9. The molecule has 1 aliphatic heterocycles. The van der Waals surface area contributed by atoms with E-state index in [0.717, 1.165) is 0 Å². The van der Waals surface area contributed by atoms with E-state index in [1.807, 2.05) is 0 Å². The van der Waals surface area contributed by atoms with Crippen LogP contribution in [-0.4, -0.2) is 105 Å². The summed E-state index contributed by atoms with van der Waals surface area (Å²) in [5.41, 5.74) is 19.9. The van der Waals surface area contributed by atoms with Crippen molar-refractivity contribution in [1.82, 2.24) is 0 Å². The van der Waals surface area contributed by atoms with Crippen LogP contribution < -0.4 is 0 Å². The molecule has 0 fully saturated rings. The summed E-state index contributed by atoms with van der Waals surface area (Å²) in [4.78, 5) is 5.19. The van der Waals surface area contributed by atoms with Gasteiger partial charge in [-0.05, 0) is 0 Å². The average Bonchev–Trinajstić information content (AvgIpc) is 2.28. The summed E-state index contributed by atoms with van der Waals surface area (Å²) in [6, 6.07) is 0. The van der Waals surface area contributed by atoms with E-state index in [2.05, 4.69) is 72.4 Å². The van der Waals surface area contributed by atoms with Gasteiger partial charge < -0.3 is 0 Å². The van der Waals surface area contributed by atoms with E-state index >= 15 is 0 Å². The summed E-state index contributed by atoms with van der Waals surface area (Å²) in [6.07, 6.45) is 0. The molecule has 0 saturated heterocycles. The Bertz CT molecular complexity index is 625. The first-order valence-corrected chi connectivity index (χ1v) is 39.1. The zero-order valence-electron chi connectivity index (χ0n) is 20.2. The molecule has 0 bridgehead atoms. The van der Waals surface area contributed by atoms with Gasteiger partial charge in [0.2, 0.25) is 0 Å². The topological polar surface area (TPSA) is 49.4 Å². The first-order valence-electron chi connectivity index (χ1n) is 9.50. The predicted molar refractivity (Wildman–Crippen MR) is 150 cm³/mol. The molecule has 1 heterocycles. The Hall–Kier alpha value is 3.15. The van der Waals surface area contributed by atoms with Crippen LogP contribution in [0.4, 0.5) is 0 Å². The van der Waals surface area contributed by atoms with E-state index in [1.165, 1.54) is 19.8 Å². The van der Waals surface area contributed by atoms with Crippen molar-refractivity contribution >= 4 is 87.4 Å². The molecule has 0 aromatic rings. The van der Waals surface area contributed by atoms with Crippen molar-refractivity contribution in [3.8, 4) is 0 Å². The summed E-state index contributed by atoms with van der Waals surface area (Å²) in [6.45, 7) is 9.81. The first kappa shape index (κ1) is 29.2. The fraction of sp³-hybridized carbons (Fsp3) is 1.00. The molecule has 4 nitrogen and oxygen atoms in total. The summed E-state index contributed by atoms with van der Waals surface area (Å²) in [5, 5.41) is 0. The second-order valence-corrected chi connectivity index (χ2v) is 47.5. The van der Waals surface area contributed by atoms with Crippen molar-refractivity contribution in [2.24, 2.45) is 18.1 Å². The third kappa shape index (κ3) is 10.4. The molecule has 0 saturated carbocycles. The normalized spacial score (nSPS) is 36.6. The maximum atomic E-state index is 5.77. The van der Waals surface area contributed by atoms with Gasteiger partial charge in [0.05, 0.1) is 0 Å². The second-order valence-electron chi connectivity index (χ2n) is 9.60. The molecular formula is C16H44As4N4P4. The molecule has 0 aromatic carbocycles. The molecule has 168 valence electrons. The molecule has 28 heavy (non-hydrogen) atoms. The molecule has 0 radical (unpaired) electrons. The zero-order valence-corrected chi connectivity index (χ0v) is 31.3. The van der Waals surface area contributed by atoms with E-state index in [9.17, 15) is 0 Å². The van der Waals surface area contributed by atoms with Crippen molar-refractivity contribution in [2.45, 2.75) is 45.7 Å². The SMILES string of the molecule is C[As](C)CP1(C)=NP(C)(C[As](C)C)=NP(C)(C[As](C)C)=NP(C)(C[As](C)C)=N1. The third-order valence-electron chi connectivity index (χ3n) is 3.74. The van der Waals surface area contributed by atoms with Crippen LogP contribution in [0.2, 0.25) is 45.7 Å². The molecule has 0 unspecified atom stereocenters. The van der Waals surface area contributed by atoms with Crippen LogP contribution in [-0.2, 0) is 0 Å². The van der Waals surface area contributed by atoms with E-state index in [-0.39, 0.29) is 0 Å². The van der Waals surface area contributed by atoms with Gasteiger partial charge in [0.25, 0.3) is 0 Å². The molecule has 0 atom stereocenters. The second kappa shape index (κ2) is 11.5. The molecule has 1 aliphatic rings. The number of hydrogen-bond acceptors (Lipinski definition) is 4. The molecule has 1 rings (SSSR count). The molecule has 0 aromatic heterocycles. The van der Waals surface area contributed by atoms with Gasteiger partial charge in [-0.2, -0.15) is 0 Å². The predicted octanol–water partition coefficient (Wildman–Crippen LogP) is 8.16. The Morgan fingerprint density at radius 1 is 0.393 bits per heavy atom. The van der Waals surface area contributed by atoms with Crippen LogP contribution in [0.25, 0.3) is 0 Å². The molecule has 0 aliphatic carbocycles. The Morgan fingerprint density at radius 3 is 0.643 bits per heavy atom. The molecule has 0 N–H and O–H groups in total. The van der Waals surface area contributed by atoms with E-state index in [4.69, 9.17) is 18.1 Å². The van der Waals surface area contributed by atoms with Crippen LogP contribution in [0.15, 0.2) is 18.1 Å². The zero-order chi connectivity index (χ0) is 22.0. The van der Waals surface area contributed by atoms with Crippen molar-refractivity contribution in [2.75, 3.05) is 46.5 Å². The van der Waals surface area contributed by atoms with Crippen LogP contribution >= 0.6 is 28.8 Å². The molecule has 0 spiro atoms. The van der Waals surface area contributed by atoms with Crippen LogP contribution in [0.3, 0.4) is 0 Å². The van der Waals surface area contributed by atoms with Gasteiger partial charge in [0.15, 0.2) is 0 Å². The van der Waals surface area contributed by atoms with Crippen molar-refractivity contribution < 1.29 is 0 Å². The van der Waals surface area contributed by atoms with Crippen LogP contribution in [0, 0.1) is 0 Å². The van der Waals surface area contributed by atoms with Gasteiger partial charge in [-0.25, -0.2) is 0 Å².